The molecule has 0 bridgehead atoms. The molecule has 2 rings (SSSR count). The average molecular weight is 205 g/mol. The maximum absolute atomic E-state index is 11.5. The Bertz CT molecular complexity index is 468. The highest BCUT2D eigenvalue weighted by Crippen LogP contribution is 2.15. The Morgan fingerprint density at radius 2 is 2.20 bits per heavy atom. The molecule has 0 aliphatic heterocycles. The molecule has 0 unspecified atom stereocenters. The van der Waals surface area contributed by atoms with E-state index in [0.29, 0.717) is 0 Å². The normalized spacial score (nSPS) is 9.87. The first-order valence-electron chi connectivity index (χ1n) is 4.10. The second kappa shape index (κ2) is 3.74. The third-order valence-electron chi connectivity index (χ3n) is 1.71. The second-order valence-corrected chi connectivity index (χ2v) is 2.71. The van der Waals surface area contributed by atoms with Crippen LogP contribution in [0, 0.1) is 0 Å². The summed E-state index contributed by atoms with van der Waals surface area (Å²) < 4.78 is 0. The molecule has 2 aromatic rings. The standard InChI is InChI=1S/C8H7N5O2/c14-7-4-2-1-3-6(7)8(15)10-13-5-9-11-12-13/h1-5,14H,(H,10,15). The summed E-state index contributed by atoms with van der Waals surface area (Å²) in [6.45, 7) is 0. The van der Waals surface area contributed by atoms with Gasteiger partial charge in [0.1, 0.15) is 5.75 Å². The molecular formula is C8H7N5O2. The Morgan fingerprint density at radius 1 is 1.40 bits per heavy atom. The fourth-order valence-electron chi connectivity index (χ4n) is 1.04. The minimum absolute atomic E-state index is 0.0944. The minimum Gasteiger partial charge on any atom is -0.507 e. The van der Waals surface area contributed by atoms with Crippen LogP contribution in [0.1, 0.15) is 10.4 Å². The highest BCUT2D eigenvalue weighted by Gasteiger charge is 2.10. The lowest BCUT2D eigenvalue weighted by Crippen LogP contribution is -2.23. The molecule has 0 atom stereocenters. The number of rotatable bonds is 2. The third-order valence-corrected chi connectivity index (χ3v) is 1.71. The molecule has 76 valence electrons. The smallest absolute Gasteiger partial charge is 0.275 e. The maximum atomic E-state index is 11.5. The molecule has 1 amide bonds. The van der Waals surface area contributed by atoms with Crippen LogP contribution in [0.4, 0.5) is 0 Å². The van der Waals surface area contributed by atoms with Crippen molar-refractivity contribution in [1.82, 2.24) is 20.3 Å². The van der Waals surface area contributed by atoms with E-state index in [4.69, 9.17) is 0 Å². The number of phenolic OH excluding ortho intramolecular Hbond substituents is 1. The molecule has 0 aliphatic carbocycles. The summed E-state index contributed by atoms with van der Waals surface area (Å²) in [6, 6.07) is 6.20. The number of aromatic hydroxyl groups is 1. The van der Waals surface area contributed by atoms with E-state index >= 15 is 0 Å². The Hall–Kier alpha value is -2.44. The van der Waals surface area contributed by atoms with Crippen molar-refractivity contribution in [2.45, 2.75) is 0 Å². The summed E-state index contributed by atoms with van der Waals surface area (Å²) in [5, 5.41) is 19.5. The largest absolute Gasteiger partial charge is 0.507 e. The molecule has 0 radical (unpaired) electrons. The first kappa shape index (κ1) is 9.13. The number of phenols is 1. The summed E-state index contributed by atoms with van der Waals surface area (Å²) in [5.41, 5.74) is 2.52. The predicted molar refractivity (Wildman–Crippen MR) is 49.6 cm³/mol. The van der Waals surface area contributed by atoms with Gasteiger partial charge in [-0.3, -0.25) is 4.79 Å². The van der Waals surface area contributed by atoms with Crippen molar-refractivity contribution in [1.29, 1.82) is 0 Å². The van der Waals surface area contributed by atoms with Gasteiger partial charge in [0.2, 0.25) is 0 Å². The summed E-state index contributed by atoms with van der Waals surface area (Å²) in [4.78, 5) is 12.6. The van der Waals surface area contributed by atoms with Crippen molar-refractivity contribution >= 4 is 5.91 Å². The monoisotopic (exact) mass is 205 g/mol. The molecular weight excluding hydrogens is 198 g/mol. The quantitative estimate of drug-likeness (QED) is 0.705. The Balaban J connectivity index is 2.19. The predicted octanol–water partition coefficient (Wildman–Crippen LogP) is -0.237. The maximum Gasteiger partial charge on any atom is 0.275 e. The van der Waals surface area contributed by atoms with Gasteiger partial charge in [-0.2, -0.15) is 0 Å². The van der Waals surface area contributed by atoms with Crippen LogP contribution in [0.3, 0.4) is 0 Å². The molecule has 1 aromatic heterocycles. The first-order valence-corrected chi connectivity index (χ1v) is 4.10. The number of amides is 1. The second-order valence-electron chi connectivity index (χ2n) is 2.71. The topological polar surface area (TPSA) is 92.9 Å². The van der Waals surface area contributed by atoms with Crippen molar-refractivity contribution in [3.05, 3.63) is 36.2 Å². The van der Waals surface area contributed by atoms with E-state index < -0.39 is 5.91 Å². The van der Waals surface area contributed by atoms with Crippen molar-refractivity contribution < 1.29 is 9.90 Å². The molecule has 2 N–H and O–H groups in total. The van der Waals surface area contributed by atoms with Gasteiger partial charge in [0.25, 0.3) is 5.91 Å². The van der Waals surface area contributed by atoms with Gasteiger partial charge < -0.3 is 5.11 Å². The van der Waals surface area contributed by atoms with Crippen LogP contribution < -0.4 is 5.43 Å². The Kier molecular flexibility index (Phi) is 2.28. The number of aromatic nitrogens is 4. The van der Waals surface area contributed by atoms with Crippen LogP contribution in [0.5, 0.6) is 5.75 Å². The van der Waals surface area contributed by atoms with E-state index in [0.717, 1.165) is 4.79 Å². The van der Waals surface area contributed by atoms with Gasteiger partial charge in [0, 0.05) is 0 Å². The van der Waals surface area contributed by atoms with E-state index in [9.17, 15) is 9.90 Å². The lowest BCUT2D eigenvalue weighted by Gasteiger charge is -2.04. The lowest BCUT2D eigenvalue weighted by atomic mass is 10.2. The Morgan fingerprint density at radius 3 is 2.87 bits per heavy atom. The van der Waals surface area contributed by atoms with E-state index in [1.165, 1.54) is 18.5 Å². The summed E-state index contributed by atoms with van der Waals surface area (Å²) in [6.07, 6.45) is 1.23. The molecule has 0 spiro atoms. The van der Waals surface area contributed by atoms with Crippen LogP contribution >= 0.6 is 0 Å². The van der Waals surface area contributed by atoms with Gasteiger partial charge in [-0.1, -0.05) is 12.1 Å². The molecule has 0 fully saturated rings. The molecule has 1 heterocycles. The number of hydrogen-bond acceptors (Lipinski definition) is 5. The zero-order chi connectivity index (χ0) is 10.7. The van der Waals surface area contributed by atoms with Crippen LogP contribution in [0.25, 0.3) is 0 Å². The molecule has 1 aromatic carbocycles. The SMILES string of the molecule is O=C(Nn1cnnn1)c1ccccc1O. The summed E-state index contributed by atoms with van der Waals surface area (Å²) in [5.74, 6) is -0.580. The highest BCUT2D eigenvalue weighted by atomic mass is 16.3. The number of nitrogens with zero attached hydrogens (tertiary/aromatic N) is 4. The Labute approximate surface area is 84.3 Å². The van der Waals surface area contributed by atoms with Crippen LogP contribution in [0.2, 0.25) is 0 Å². The highest BCUT2D eigenvalue weighted by molar-refractivity contribution is 6.01. The number of para-hydroxylation sites is 1. The van der Waals surface area contributed by atoms with Crippen LogP contribution in [-0.2, 0) is 0 Å². The van der Waals surface area contributed by atoms with Gasteiger partial charge >= 0.3 is 0 Å². The van der Waals surface area contributed by atoms with Gasteiger partial charge in [-0.15, -0.1) is 9.89 Å². The first-order chi connectivity index (χ1) is 7.27. The molecule has 0 saturated heterocycles. The number of hydrogen-bond donors (Lipinski definition) is 2. The van der Waals surface area contributed by atoms with Gasteiger partial charge in [-0.25, -0.2) is 5.43 Å². The number of nitrogens with one attached hydrogen (secondary N) is 1. The molecule has 0 aliphatic rings. The summed E-state index contributed by atoms with van der Waals surface area (Å²) in [7, 11) is 0. The number of carbonyl (C=O) groups excluding carboxylic acids is 1. The van der Waals surface area contributed by atoms with E-state index in [2.05, 4.69) is 21.0 Å². The number of tetrazole rings is 1. The molecule has 7 heteroatoms. The molecule has 0 saturated carbocycles. The van der Waals surface area contributed by atoms with Gasteiger partial charge in [0.05, 0.1) is 5.56 Å². The number of benzene rings is 1. The van der Waals surface area contributed by atoms with Gasteiger partial charge in [-0.05, 0) is 22.6 Å². The van der Waals surface area contributed by atoms with E-state index in [-0.39, 0.29) is 11.3 Å². The van der Waals surface area contributed by atoms with Crippen LogP contribution in [-0.4, -0.2) is 31.3 Å². The zero-order valence-electron chi connectivity index (χ0n) is 7.53. The zero-order valence-corrected chi connectivity index (χ0v) is 7.53. The molecule has 7 nitrogen and oxygen atoms in total. The fraction of sp³-hybridized carbons (Fsp3) is 0. The fourth-order valence-corrected chi connectivity index (χ4v) is 1.04. The van der Waals surface area contributed by atoms with E-state index in [1.807, 2.05) is 0 Å². The summed E-state index contributed by atoms with van der Waals surface area (Å²) >= 11 is 0. The minimum atomic E-state index is -0.486. The van der Waals surface area contributed by atoms with Crippen molar-refractivity contribution in [3.63, 3.8) is 0 Å². The number of carbonyl (C=O) groups is 1. The van der Waals surface area contributed by atoms with E-state index in [1.54, 1.807) is 12.1 Å². The van der Waals surface area contributed by atoms with Crippen molar-refractivity contribution in [2.75, 3.05) is 5.43 Å². The van der Waals surface area contributed by atoms with Gasteiger partial charge in [0.15, 0.2) is 6.33 Å². The van der Waals surface area contributed by atoms with Crippen LogP contribution in [0.15, 0.2) is 30.6 Å². The average Bonchev–Trinajstić information content (AvgIpc) is 2.71. The van der Waals surface area contributed by atoms with Crippen molar-refractivity contribution in [2.24, 2.45) is 0 Å². The van der Waals surface area contributed by atoms with Crippen molar-refractivity contribution in [3.8, 4) is 5.75 Å². The lowest BCUT2D eigenvalue weighted by molar-refractivity contribution is 0.100. The third kappa shape index (κ3) is 1.90. The molecule has 15 heavy (non-hydrogen) atoms.